The lowest BCUT2D eigenvalue weighted by molar-refractivity contribution is -0.122. The van der Waals surface area contributed by atoms with Gasteiger partial charge in [-0.15, -0.1) is 0 Å². The fourth-order valence-electron chi connectivity index (χ4n) is 3.36. The number of nitriles is 1. The molecule has 2 rings (SSSR count). The first-order valence-electron chi connectivity index (χ1n) is 10.6. The van der Waals surface area contributed by atoms with Gasteiger partial charge in [0.1, 0.15) is 6.54 Å². The van der Waals surface area contributed by atoms with E-state index in [0.717, 1.165) is 23.2 Å². The molecule has 0 heterocycles. The van der Waals surface area contributed by atoms with E-state index in [2.05, 4.69) is 24.5 Å². The van der Waals surface area contributed by atoms with Gasteiger partial charge in [-0.1, -0.05) is 50.2 Å². The Hall–Kier alpha value is -3.17. The SMILES string of the molecule is CC(C)CC(C(=O)NCC#N)c1cccc(-c2ccc(C(=O)NCCN(C)C)cc2)c1. The second kappa shape index (κ2) is 11.9. The fourth-order valence-corrected chi connectivity index (χ4v) is 3.36. The molecule has 0 aromatic heterocycles. The third-order valence-electron chi connectivity index (χ3n) is 4.98. The number of hydrogen-bond donors (Lipinski definition) is 2. The molecule has 0 saturated carbocycles. The van der Waals surface area contributed by atoms with Crippen LogP contribution in [0.1, 0.15) is 42.1 Å². The Kier molecular flexibility index (Phi) is 9.23. The quantitative estimate of drug-likeness (QED) is 0.577. The van der Waals surface area contributed by atoms with E-state index in [1.54, 1.807) is 0 Å². The Morgan fingerprint density at radius 2 is 1.74 bits per heavy atom. The predicted octanol–water partition coefficient (Wildman–Crippen LogP) is 3.41. The van der Waals surface area contributed by atoms with Crippen molar-refractivity contribution in [1.82, 2.24) is 15.5 Å². The number of benzene rings is 2. The van der Waals surface area contributed by atoms with Crippen LogP contribution in [-0.4, -0.2) is 50.4 Å². The van der Waals surface area contributed by atoms with E-state index in [0.29, 0.717) is 24.4 Å². The maximum atomic E-state index is 12.6. The normalized spacial score (nSPS) is 11.8. The van der Waals surface area contributed by atoms with Crippen molar-refractivity contribution in [1.29, 1.82) is 5.26 Å². The largest absolute Gasteiger partial charge is 0.351 e. The maximum Gasteiger partial charge on any atom is 0.251 e. The Morgan fingerprint density at radius 3 is 2.35 bits per heavy atom. The van der Waals surface area contributed by atoms with E-state index in [9.17, 15) is 9.59 Å². The zero-order valence-electron chi connectivity index (χ0n) is 18.8. The van der Waals surface area contributed by atoms with Crippen LogP contribution in [0.25, 0.3) is 11.1 Å². The Balaban J connectivity index is 2.18. The monoisotopic (exact) mass is 420 g/mol. The summed E-state index contributed by atoms with van der Waals surface area (Å²) in [5.74, 6) is -0.188. The first-order chi connectivity index (χ1) is 14.8. The average Bonchev–Trinajstić information content (AvgIpc) is 2.75. The van der Waals surface area contributed by atoms with Crippen LogP contribution < -0.4 is 10.6 Å². The summed E-state index contributed by atoms with van der Waals surface area (Å²) in [7, 11) is 3.93. The molecular weight excluding hydrogens is 388 g/mol. The summed E-state index contributed by atoms with van der Waals surface area (Å²) < 4.78 is 0. The van der Waals surface area contributed by atoms with Gasteiger partial charge < -0.3 is 15.5 Å². The summed E-state index contributed by atoms with van der Waals surface area (Å²) in [4.78, 5) is 26.9. The predicted molar refractivity (Wildman–Crippen MR) is 124 cm³/mol. The van der Waals surface area contributed by atoms with E-state index >= 15 is 0 Å². The van der Waals surface area contributed by atoms with E-state index < -0.39 is 0 Å². The summed E-state index contributed by atoms with van der Waals surface area (Å²) in [6, 6.07) is 17.4. The molecule has 0 aliphatic carbocycles. The Bertz CT molecular complexity index is 914. The molecule has 6 heteroatoms. The van der Waals surface area contributed by atoms with Crippen molar-refractivity contribution in [3.63, 3.8) is 0 Å². The number of hydrogen-bond acceptors (Lipinski definition) is 4. The molecule has 31 heavy (non-hydrogen) atoms. The first kappa shape index (κ1) is 24.1. The van der Waals surface area contributed by atoms with Gasteiger partial charge in [-0.2, -0.15) is 5.26 Å². The molecule has 6 nitrogen and oxygen atoms in total. The van der Waals surface area contributed by atoms with Gasteiger partial charge in [0.25, 0.3) is 5.91 Å². The van der Waals surface area contributed by atoms with Crippen LogP contribution in [0.5, 0.6) is 0 Å². The molecular formula is C25H32N4O2. The zero-order valence-corrected chi connectivity index (χ0v) is 18.8. The van der Waals surface area contributed by atoms with Crippen molar-refractivity contribution in [3.8, 4) is 17.2 Å². The van der Waals surface area contributed by atoms with Gasteiger partial charge in [0.15, 0.2) is 0 Å². The van der Waals surface area contributed by atoms with Gasteiger partial charge in [-0.25, -0.2) is 0 Å². The molecule has 0 aliphatic rings. The number of nitrogens with zero attached hydrogens (tertiary/aromatic N) is 2. The van der Waals surface area contributed by atoms with Crippen molar-refractivity contribution < 1.29 is 9.59 Å². The molecule has 2 N–H and O–H groups in total. The van der Waals surface area contributed by atoms with Gasteiger partial charge in [0.05, 0.1) is 12.0 Å². The van der Waals surface area contributed by atoms with E-state index in [4.69, 9.17) is 5.26 Å². The molecule has 0 saturated heterocycles. The van der Waals surface area contributed by atoms with Gasteiger partial charge in [-0.3, -0.25) is 9.59 Å². The fraction of sp³-hybridized carbons (Fsp3) is 0.400. The number of carbonyl (C=O) groups excluding carboxylic acids is 2. The lowest BCUT2D eigenvalue weighted by Gasteiger charge is -2.19. The summed E-state index contributed by atoms with van der Waals surface area (Å²) in [5.41, 5.74) is 3.51. The highest BCUT2D eigenvalue weighted by atomic mass is 16.2. The third-order valence-corrected chi connectivity index (χ3v) is 4.98. The van der Waals surface area contributed by atoms with Gasteiger partial charge in [0.2, 0.25) is 5.91 Å². The lowest BCUT2D eigenvalue weighted by Crippen LogP contribution is -2.31. The highest BCUT2D eigenvalue weighted by molar-refractivity contribution is 5.94. The summed E-state index contributed by atoms with van der Waals surface area (Å²) >= 11 is 0. The van der Waals surface area contributed by atoms with Crippen molar-refractivity contribution in [3.05, 3.63) is 59.7 Å². The molecule has 2 aromatic carbocycles. The number of likely N-dealkylation sites (N-methyl/N-ethyl adjacent to an activating group) is 1. The summed E-state index contributed by atoms with van der Waals surface area (Å²) in [6.07, 6.45) is 0.701. The molecule has 0 aliphatic heterocycles. The maximum absolute atomic E-state index is 12.6. The minimum atomic E-state index is -0.310. The van der Waals surface area contributed by atoms with E-state index in [-0.39, 0.29) is 24.3 Å². The molecule has 0 spiro atoms. The average molecular weight is 421 g/mol. The molecule has 0 radical (unpaired) electrons. The molecule has 1 unspecified atom stereocenters. The molecule has 164 valence electrons. The zero-order chi connectivity index (χ0) is 22.8. The molecule has 2 aromatic rings. The molecule has 1 atom stereocenters. The van der Waals surface area contributed by atoms with Crippen LogP contribution in [0.4, 0.5) is 0 Å². The Morgan fingerprint density at radius 1 is 1.03 bits per heavy atom. The molecule has 0 bridgehead atoms. The van der Waals surface area contributed by atoms with Crippen molar-refractivity contribution in [2.24, 2.45) is 5.92 Å². The van der Waals surface area contributed by atoms with Gasteiger partial charge >= 0.3 is 0 Å². The summed E-state index contributed by atoms with van der Waals surface area (Å²) in [6.45, 7) is 5.55. The van der Waals surface area contributed by atoms with Crippen LogP contribution in [0.2, 0.25) is 0 Å². The highest BCUT2D eigenvalue weighted by Gasteiger charge is 2.22. The molecule has 2 amide bonds. The summed E-state index contributed by atoms with van der Waals surface area (Å²) in [5, 5.41) is 14.4. The van der Waals surface area contributed by atoms with Crippen molar-refractivity contribution >= 4 is 11.8 Å². The van der Waals surface area contributed by atoms with E-state index in [1.807, 2.05) is 73.6 Å². The second-order valence-electron chi connectivity index (χ2n) is 8.32. The third kappa shape index (κ3) is 7.54. The Labute approximate surface area is 185 Å². The number of carbonyl (C=O) groups is 2. The minimum absolute atomic E-state index is 0.00515. The van der Waals surface area contributed by atoms with E-state index in [1.165, 1.54) is 0 Å². The minimum Gasteiger partial charge on any atom is -0.351 e. The second-order valence-corrected chi connectivity index (χ2v) is 8.32. The molecule has 0 fully saturated rings. The number of rotatable bonds is 10. The highest BCUT2D eigenvalue weighted by Crippen LogP contribution is 2.28. The number of nitrogens with one attached hydrogen (secondary N) is 2. The van der Waals surface area contributed by atoms with Crippen LogP contribution in [0.15, 0.2) is 48.5 Å². The smallest absolute Gasteiger partial charge is 0.251 e. The van der Waals surface area contributed by atoms with Crippen LogP contribution in [0, 0.1) is 17.2 Å². The van der Waals surface area contributed by atoms with Crippen LogP contribution >= 0.6 is 0 Å². The number of amides is 2. The van der Waals surface area contributed by atoms with Crippen molar-refractivity contribution in [2.45, 2.75) is 26.2 Å². The standard InChI is InChI=1S/C25H32N4O2/c1-18(2)16-23(25(31)27-13-12-26)22-7-5-6-21(17-22)19-8-10-20(11-9-19)24(30)28-14-15-29(3)4/h5-11,17-18,23H,13-16H2,1-4H3,(H,27,31)(H,28,30). The van der Waals surface area contributed by atoms with Crippen LogP contribution in [-0.2, 0) is 4.79 Å². The first-order valence-corrected chi connectivity index (χ1v) is 10.6. The van der Waals surface area contributed by atoms with Gasteiger partial charge in [-0.05, 0) is 55.3 Å². The van der Waals surface area contributed by atoms with Crippen molar-refractivity contribution in [2.75, 3.05) is 33.7 Å². The van der Waals surface area contributed by atoms with Crippen LogP contribution in [0.3, 0.4) is 0 Å². The van der Waals surface area contributed by atoms with Gasteiger partial charge in [0, 0.05) is 18.7 Å². The topological polar surface area (TPSA) is 85.2 Å². The lowest BCUT2D eigenvalue weighted by atomic mass is 9.88.